The predicted molar refractivity (Wildman–Crippen MR) is 66.5 cm³/mol. The first-order chi connectivity index (χ1) is 6.71. The molecule has 0 aromatic carbocycles. The summed E-state index contributed by atoms with van der Waals surface area (Å²) < 4.78 is 0. The molecule has 0 amide bonds. The molecule has 14 heavy (non-hydrogen) atoms. The maximum atomic E-state index is 2.44. The molecule has 0 aliphatic carbocycles. The Morgan fingerprint density at radius 3 is 1.71 bits per heavy atom. The van der Waals surface area contributed by atoms with E-state index in [1.807, 2.05) is 0 Å². The van der Waals surface area contributed by atoms with E-state index in [1.165, 1.54) is 38.5 Å². The van der Waals surface area contributed by atoms with Crippen molar-refractivity contribution in [2.75, 3.05) is 0 Å². The fraction of sp³-hybridized carbons (Fsp3) is 1.00. The lowest BCUT2D eigenvalue weighted by Crippen LogP contribution is -2.21. The van der Waals surface area contributed by atoms with Gasteiger partial charge in [-0.1, -0.05) is 73.1 Å². The van der Waals surface area contributed by atoms with Crippen molar-refractivity contribution in [3.8, 4) is 0 Å². The monoisotopic (exact) mass is 198 g/mol. The van der Waals surface area contributed by atoms with Crippen LogP contribution in [0.25, 0.3) is 0 Å². The molecular weight excluding hydrogens is 168 g/mol. The average Bonchev–Trinajstić information content (AvgIpc) is 2.22. The van der Waals surface area contributed by atoms with E-state index in [1.54, 1.807) is 0 Å². The van der Waals surface area contributed by atoms with Crippen LogP contribution < -0.4 is 0 Å². The summed E-state index contributed by atoms with van der Waals surface area (Å²) in [6.07, 6.45) is 8.32. The third-order valence-corrected chi connectivity index (χ3v) is 3.79. The summed E-state index contributed by atoms with van der Waals surface area (Å²) in [4.78, 5) is 0. The summed E-state index contributed by atoms with van der Waals surface area (Å²) in [6.45, 7) is 11.8. The van der Waals surface area contributed by atoms with E-state index in [2.05, 4.69) is 34.6 Å². The zero-order valence-corrected chi connectivity index (χ0v) is 11.0. The third-order valence-electron chi connectivity index (χ3n) is 3.79. The maximum absolute atomic E-state index is 2.44. The molecule has 0 saturated carbocycles. The highest BCUT2D eigenvalue weighted by Crippen LogP contribution is 2.33. The molecule has 0 aromatic heterocycles. The standard InChI is InChI=1S/C14H30/c1-6-10-13(9-4)14(11-7-2)12(5)8-3/h12-14H,6-11H2,1-5H3. The van der Waals surface area contributed by atoms with Gasteiger partial charge < -0.3 is 0 Å². The van der Waals surface area contributed by atoms with Gasteiger partial charge in [-0.2, -0.15) is 0 Å². The van der Waals surface area contributed by atoms with Crippen LogP contribution in [-0.2, 0) is 0 Å². The second-order valence-corrected chi connectivity index (χ2v) is 4.80. The second kappa shape index (κ2) is 8.32. The molecule has 0 saturated heterocycles. The third kappa shape index (κ3) is 4.48. The molecule has 0 spiro atoms. The minimum atomic E-state index is 0.923. The molecule has 3 unspecified atom stereocenters. The van der Waals surface area contributed by atoms with Gasteiger partial charge in [0.25, 0.3) is 0 Å². The highest BCUT2D eigenvalue weighted by molar-refractivity contribution is 4.73. The van der Waals surface area contributed by atoms with Gasteiger partial charge in [0.1, 0.15) is 0 Å². The predicted octanol–water partition coefficient (Wildman–Crippen LogP) is 5.28. The Morgan fingerprint density at radius 1 is 0.786 bits per heavy atom. The van der Waals surface area contributed by atoms with Crippen molar-refractivity contribution < 1.29 is 0 Å². The van der Waals surface area contributed by atoms with E-state index < -0.39 is 0 Å². The Labute approximate surface area is 91.5 Å². The first-order valence-corrected chi connectivity index (χ1v) is 6.71. The lowest BCUT2D eigenvalue weighted by atomic mass is 9.75. The van der Waals surface area contributed by atoms with Gasteiger partial charge in [0, 0.05) is 0 Å². The zero-order chi connectivity index (χ0) is 11.0. The van der Waals surface area contributed by atoms with E-state index >= 15 is 0 Å². The summed E-state index contributed by atoms with van der Waals surface area (Å²) in [6, 6.07) is 0. The molecule has 0 nitrogen and oxygen atoms in total. The average molecular weight is 198 g/mol. The van der Waals surface area contributed by atoms with Gasteiger partial charge >= 0.3 is 0 Å². The van der Waals surface area contributed by atoms with Crippen LogP contribution in [0, 0.1) is 17.8 Å². The molecular formula is C14H30. The summed E-state index contributed by atoms with van der Waals surface area (Å²) in [7, 11) is 0. The normalized spacial score (nSPS) is 17.8. The van der Waals surface area contributed by atoms with Crippen LogP contribution in [0.5, 0.6) is 0 Å². The summed E-state index contributed by atoms with van der Waals surface area (Å²) in [5.74, 6) is 2.89. The van der Waals surface area contributed by atoms with Gasteiger partial charge in [-0.3, -0.25) is 0 Å². The molecule has 0 N–H and O–H groups in total. The highest BCUT2D eigenvalue weighted by Gasteiger charge is 2.22. The van der Waals surface area contributed by atoms with Gasteiger partial charge in [0.15, 0.2) is 0 Å². The lowest BCUT2D eigenvalue weighted by Gasteiger charge is -2.30. The van der Waals surface area contributed by atoms with Crippen molar-refractivity contribution in [2.45, 2.75) is 73.1 Å². The summed E-state index contributed by atoms with van der Waals surface area (Å²) in [5.41, 5.74) is 0. The van der Waals surface area contributed by atoms with E-state index in [-0.39, 0.29) is 0 Å². The van der Waals surface area contributed by atoms with Crippen LogP contribution in [-0.4, -0.2) is 0 Å². The second-order valence-electron chi connectivity index (χ2n) is 4.80. The smallest absolute Gasteiger partial charge is 0.0360 e. The Morgan fingerprint density at radius 2 is 1.36 bits per heavy atom. The van der Waals surface area contributed by atoms with Crippen molar-refractivity contribution in [1.82, 2.24) is 0 Å². The van der Waals surface area contributed by atoms with Crippen LogP contribution in [0.2, 0.25) is 0 Å². The topological polar surface area (TPSA) is 0 Å². The Bertz CT molecular complexity index is 117. The summed E-state index contributed by atoms with van der Waals surface area (Å²) >= 11 is 0. The van der Waals surface area contributed by atoms with Gasteiger partial charge in [-0.25, -0.2) is 0 Å². The van der Waals surface area contributed by atoms with Crippen molar-refractivity contribution in [1.29, 1.82) is 0 Å². The first kappa shape index (κ1) is 14.0. The molecule has 0 radical (unpaired) electrons. The molecule has 86 valence electrons. The van der Waals surface area contributed by atoms with E-state index in [0.717, 1.165) is 17.8 Å². The van der Waals surface area contributed by atoms with Crippen LogP contribution in [0.3, 0.4) is 0 Å². The van der Waals surface area contributed by atoms with Crippen LogP contribution >= 0.6 is 0 Å². The van der Waals surface area contributed by atoms with Crippen molar-refractivity contribution >= 4 is 0 Å². The maximum Gasteiger partial charge on any atom is -0.0360 e. The number of hydrogen-bond acceptors (Lipinski definition) is 0. The van der Waals surface area contributed by atoms with Gasteiger partial charge in [-0.15, -0.1) is 0 Å². The molecule has 0 heteroatoms. The van der Waals surface area contributed by atoms with Crippen LogP contribution in [0.1, 0.15) is 73.1 Å². The van der Waals surface area contributed by atoms with Crippen molar-refractivity contribution in [3.63, 3.8) is 0 Å². The molecule has 0 rings (SSSR count). The molecule has 3 atom stereocenters. The van der Waals surface area contributed by atoms with Crippen LogP contribution in [0.4, 0.5) is 0 Å². The molecule has 0 aliphatic rings. The summed E-state index contributed by atoms with van der Waals surface area (Å²) in [5, 5.41) is 0. The molecule has 0 aliphatic heterocycles. The van der Waals surface area contributed by atoms with Gasteiger partial charge in [0.2, 0.25) is 0 Å². The molecule has 0 bridgehead atoms. The quantitative estimate of drug-likeness (QED) is 0.498. The highest BCUT2D eigenvalue weighted by atomic mass is 14.3. The molecule has 0 heterocycles. The molecule has 0 aromatic rings. The van der Waals surface area contributed by atoms with Crippen molar-refractivity contribution in [3.05, 3.63) is 0 Å². The molecule has 0 fully saturated rings. The van der Waals surface area contributed by atoms with E-state index in [0.29, 0.717) is 0 Å². The Balaban J connectivity index is 4.25. The lowest BCUT2D eigenvalue weighted by molar-refractivity contribution is 0.199. The Hall–Kier alpha value is 0. The number of rotatable bonds is 8. The fourth-order valence-electron chi connectivity index (χ4n) is 2.71. The van der Waals surface area contributed by atoms with Crippen molar-refractivity contribution in [2.24, 2.45) is 17.8 Å². The van der Waals surface area contributed by atoms with Gasteiger partial charge in [-0.05, 0) is 17.8 Å². The Kier molecular flexibility index (Phi) is 8.32. The van der Waals surface area contributed by atoms with Gasteiger partial charge in [0.05, 0.1) is 0 Å². The van der Waals surface area contributed by atoms with E-state index in [4.69, 9.17) is 0 Å². The first-order valence-electron chi connectivity index (χ1n) is 6.71. The minimum absolute atomic E-state index is 0.923. The fourth-order valence-corrected chi connectivity index (χ4v) is 2.71. The minimum Gasteiger partial charge on any atom is -0.0654 e. The zero-order valence-electron chi connectivity index (χ0n) is 11.0. The van der Waals surface area contributed by atoms with E-state index in [9.17, 15) is 0 Å². The largest absolute Gasteiger partial charge is 0.0654 e. The SMILES string of the molecule is CCCC(CC)C(CCC)C(C)CC. The van der Waals surface area contributed by atoms with Crippen LogP contribution in [0.15, 0.2) is 0 Å². The number of hydrogen-bond donors (Lipinski definition) is 0.